The zero-order valence-electron chi connectivity index (χ0n) is 21.5. The molecule has 3 saturated heterocycles. The smallest absolute Gasteiger partial charge is 0.311 e. The van der Waals surface area contributed by atoms with Gasteiger partial charge >= 0.3 is 5.97 Å². The summed E-state index contributed by atoms with van der Waals surface area (Å²) in [4.78, 5) is 45.1. The second-order valence-electron chi connectivity index (χ2n) is 10.2. The Labute approximate surface area is 217 Å². The maximum atomic E-state index is 14.6. The number of likely N-dealkylation sites (tertiary alicyclic amines) is 1. The van der Waals surface area contributed by atoms with Gasteiger partial charge in [0.05, 0.1) is 29.2 Å². The molecule has 3 fully saturated rings. The number of para-hydroxylation sites is 1. The number of nitrogens with zero attached hydrogens (tertiary/aromatic N) is 2. The van der Waals surface area contributed by atoms with E-state index in [0.717, 1.165) is 23.2 Å². The van der Waals surface area contributed by atoms with E-state index in [-0.39, 0.29) is 42.7 Å². The summed E-state index contributed by atoms with van der Waals surface area (Å²) in [6.45, 7) is 15.3. The number of amides is 2. The van der Waals surface area contributed by atoms with E-state index in [0.29, 0.717) is 0 Å². The molecule has 194 valence electrons. The lowest BCUT2D eigenvalue weighted by atomic mass is 9.66. The van der Waals surface area contributed by atoms with Gasteiger partial charge in [-0.3, -0.25) is 14.4 Å². The standard InChI is InChI=1S/C28H36N2O5S/c1-7-12-29(23-16(3)10-9-11-17(23)4)26(33)24-28-18(5)14-20(36-28)21(27(34)35-13-8-2)22(28)25(32)30(24)19(6)15-31/h7-11,18-22,24,31H,1-2,12-15H2,3-6H3/t18?,19-,20+,21-,22+,24?,28?/m1/s1. The average Bonchev–Trinajstić information content (AvgIpc) is 3.44. The Balaban J connectivity index is 1.85. The van der Waals surface area contributed by atoms with Crippen LogP contribution in [0.25, 0.3) is 0 Å². The summed E-state index contributed by atoms with van der Waals surface area (Å²) in [6, 6.07) is 4.48. The van der Waals surface area contributed by atoms with E-state index in [1.54, 1.807) is 34.6 Å². The van der Waals surface area contributed by atoms with Gasteiger partial charge in [-0.1, -0.05) is 43.9 Å². The third kappa shape index (κ3) is 3.80. The topological polar surface area (TPSA) is 87.2 Å². The number of carbonyl (C=O) groups excluding carboxylic acids is 3. The largest absolute Gasteiger partial charge is 0.461 e. The van der Waals surface area contributed by atoms with Crippen LogP contribution in [-0.4, -0.2) is 69.6 Å². The highest BCUT2D eigenvalue weighted by Gasteiger charge is 2.77. The lowest BCUT2D eigenvalue weighted by molar-refractivity contribution is -0.153. The summed E-state index contributed by atoms with van der Waals surface area (Å²) in [6.07, 6.45) is 3.92. The first kappa shape index (κ1) is 26.5. The van der Waals surface area contributed by atoms with Crippen LogP contribution in [0.5, 0.6) is 0 Å². The monoisotopic (exact) mass is 512 g/mol. The zero-order chi connectivity index (χ0) is 26.4. The molecule has 1 spiro atoms. The lowest BCUT2D eigenvalue weighted by Crippen LogP contribution is -2.59. The summed E-state index contributed by atoms with van der Waals surface area (Å²) >= 11 is 1.59. The van der Waals surface area contributed by atoms with Crippen molar-refractivity contribution in [3.05, 3.63) is 54.6 Å². The number of aliphatic hydroxyl groups is 1. The van der Waals surface area contributed by atoms with Gasteiger partial charge < -0.3 is 19.6 Å². The Morgan fingerprint density at radius 1 is 1.31 bits per heavy atom. The lowest BCUT2D eigenvalue weighted by Gasteiger charge is -2.42. The van der Waals surface area contributed by atoms with Gasteiger partial charge in [-0.15, -0.1) is 18.3 Å². The van der Waals surface area contributed by atoms with Crippen LogP contribution in [0.2, 0.25) is 0 Å². The average molecular weight is 513 g/mol. The van der Waals surface area contributed by atoms with Crippen molar-refractivity contribution in [2.45, 2.75) is 56.2 Å². The fraction of sp³-hybridized carbons (Fsp3) is 0.536. The summed E-state index contributed by atoms with van der Waals surface area (Å²) < 4.78 is 4.64. The first-order valence-electron chi connectivity index (χ1n) is 12.5. The van der Waals surface area contributed by atoms with E-state index >= 15 is 0 Å². The Morgan fingerprint density at radius 3 is 2.56 bits per heavy atom. The number of anilines is 1. The highest BCUT2D eigenvalue weighted by molar-refractivity contribution is 8.02. The van der Waals surface area contributed by atoms with Crippen LogP contribution in [0.4, 0.5) is 5.69 Å². The molecule has 8 heteroatoms. The number of thioether (sulfide) groups is 1. The third-order valence-corrected chi connectivity index (χ3v) is 10.1. The van der Waals surface area contributed by atoms with Crippen LogP contribution in [0.3, 0.4) is 0 Å². The van der Waals surface area contributed by atoms with Crippen molar-refractivity contribution < 1.29 is 24.2 Å². The Hall–Kier alpha value is -2.58. The Morgan fingerprint density at radius 2 is 1.97 bits per heavy atom. The number of benzene rings is 1. The maximum absolute atomic E-state index is 14.6. The zero-order valence-corrected chi connectivity index (χ0v) is 22.3. The van der Waals surface area contributed by atoms with E-state index in [1.807, 2.05) is 32.0 Å². The predicted octanol–water partition coefficient (Wildman–Crippen LogP) is 3.27. The molecule has 1 aromatic rings. The summed E-state index contributed by atoms with van der Waals surface area (Å²) in [5.41, 5.74) is 2.71. The third-order valence-electron chi connectivity index (χ3n) is 8.06. The van der Waals surface area contributed by atoms with Crippen LogP contribution in [-0.2, 0) is 19.1 Å². The molecular formula is C28H36N2O5S. The number of hydrogen-bond donors (Lipinski definition) is 1. The number of rotatable bonds is 9. The summed E-state index contributed by atoms with van der Waals surface area (Å²) in [7, 11) is 0. The molecule has 4 rings (SSSR count). The van der Waals surface area contributed by atoms with E-state index in [9.17, 15) is 19.5 Å². The first-order chi connectivity index (χ1) is 17.1. The Bertz CT molecular complexity index is 1070. The van der Waals surface area contributed by atoms with Crippen molar-refractivity contribution in [1.82, 2.24) is 4.90 Å². The van der Waals surface area contributed by atoms with Gasteiger partial charge in [0.1, 0.15) is 12.6 Å². The molecule has 36 heavy (non-hydrogen) atoms. The van der Waals surface area contributed by atoms with Crippen molar-refractivity contribution >= 4 is 35.2 Å². The molecule has 7 atom stereocenters. The van der Waals surface area contributed by atoms with Crippen LogP contribution >= 0.6 is 11.8 Å². The quantitative estimate of drug-likeness (QED) is 0.404. The van der Waals surface area contributed by atoms with Crippen LogP contribution in [0, 0.1) is 31.6 Å². The highest BCUT2D eigenvalue weighted by atomic mass is 32.2. The second-order valence-corrected chi connectivity index (χ2v) is 11.8. The number of ether oxygens (including phenoxy) is 1. The molecular weight excluding hydrogens is 476 g/mol. The fourth-order valence-corrected chi connectivity index (χ4v) is 9.00. The van der Waals surface area contributed by atoms with Gasteiger partial charge in [-0.05, 0) is 44.2 Å². The van der Waals surface area contributed by atoms with E-state index in [4.69, 9.17) is 4.74 Å². The van der Waals surface area contributed by atoms with Crippen molar-refractivity contribution in [1.29, 1.82) is 0 Å². The van der Waals surface area contributed by atoms with Gasteiger partial charge in [0.2, 0.25) is 5.91 Å². The second kappa shape index (κ2) is 10.1. The molecule has 3 heterocycles. The molecule has 1 N–H and O–H groups in total. The molecule has 0 aromatic heterocycles. The van der Waals surface area contributed by atoms with Gasteiger partial charge in [0.15, 0.2) is 0 Å². The number of esters is 1. The molecule has 0 radical (unpaired) electrons. The number of aryl methyl sites for hydroxylation is 2. The molecule has 0 saturated carbocycles. The molecule has 3 unspecified atom stereocenters. The fourth-order valence-electron chi connectivity index (χ4n) is 6.61. The minimum Gasteiger partial charge on any atom is -0.461 e. The van der Waals surface area contributed by atoms with Gasteiger partial charge in [-0.2, -0.15) is 0 Å². The number of fused-ring (bicyclic) bond motifs is 1. The highest BCUT2D eigenvalue weighted by Crippen LogP contribution is 2.69. The van der Waals surface area contributed by atoms with Crippen LogP contribution in [0.1, 0.15) is 31.4 Å². The van der Waals surface area contributed by atoms with Crippen molar-refractivity contribution in [3.8, 4) is 0 Å². The summed E-state index contributed by atoms with van der Waals surface area (Å²) in [5.74, 6) is -2.15. The first-order valence-corrected chi connectivity index (χ1v) is 13.4. The van der Waals surface area contributed by atoms with E-state index < -0.39 is 34.6 Å². The molecule has 2 bridgehead atoms. The summed E-state index contributed by atoms with van der Waals surface area (Å²) in [5, 5.41) is 10.0. The minimum absolute atomic E-state index is 0.0262. The maximum Gasteiger partial charge on any atom is 0.311 e. The van der Waals surface area contributed by atoms with Gasteiger partial charge in [0, 0.05) is 17.5 Å². The molecule has 1 aromatic carbocycles. The number of carbonyl (C=O) groups is 3. The molecule has 2 amide bonds. The number of aliphatic hydroxyl groups excluding tert-OH is 1. The van der Waals surface area contributed by atoms with Gasteiger partial charge in [0.25, 0.3) is 5.91 Å². The van der Waals surface area contributed by atoms with Gasteiger partial charge in [-0.25, -0.2) is 0 Å². The molecule has 3 aliphatic heterocycles. The van der Waals surface area contributed by atoms with Crippen molar-refractivity contribution in [3.63, 3.8) is 0 Å². The number of hydrogen-bond acceptors (Lipinski definition) is 6. The Kier molecular flexibility index (Phi) is 7.40. The van der Waals surface area contributed by atoms with E-state index in [1.165, 1.54) is 6.08 Å². The minimum atomic E-state index is -0.821. The predicted molar refractivity (Wildman–Crippen MR) is 142 cm³/mol. The van der Waals surface area contributed by atoms with Crippen molar-refractivity contribution in [2.24, 2.45) is 17.8 Å². The van der Waals surface area contributed by atoms with Crippen molar-refractivity contribution in [2.75, 3.05) is 24.7 Å². The van der Waals surface area contributed by atoms with Crippen LogP contribution < -0.4 is 4.90 Å². The molecule has 3 aliphatic rings. The van der Waals surface area contributed by atoms with Crippen LogP contribution in [0.15, 0.2) is 43.5 Å². The van der Waals surface area contributed by atoms with E-state index in [2.05, 4.69) is 20.1 Å². The molecule has 7 nitrogen and oxygen atoms in total. The normalized spacial score (nSPS) is 31.2. The SMILES string of the molecule is C=CCOC(=O)[C@@H]1[C@@H]2CC(C)C3(S2)C(C(=O)N(CC=C)c2c(C)cccc2C)N([C@H](C)CO)C(=O)[C@H]13. The molecule has 0 aliphatic carbocycles.